The Kier molecular flexibility index (Phi) is 26.9. The normalized spacial score (nSPS) is 10.2. The second kappa shape index (κ2) is 33.4. The summed E-state index contributed by atoms with van der Waals surface area (Å²) in [4.78, 5) is 18.0. The maximum Gasteiger partial charge on any atom is 0.485 e. The van der Waals surface area contributed by atoms with Crippen LogP contribution in [0.4, 0.5) is 13.2 Å². The van der Waals surface area contributed by atoms with E-state index in [0.29, 0.717) is 0 Å². The third kappa shape index (κ3) is 18.2. The monoisotopic (exact) mass is 1450 g/mol. The summed E-state index contributed by atoms with van der Waals surface area (Å²) in [6, 6.07) is 92.3. The number of imidazole rings is 2. The van der Waals surface area contributed by atoms with Gasteiger partial charge in [0.15, 0.2) is 10.1 Å². The molecule has 0 atom stereocenters. The molecule has 0 aliphatic carbocycles. The van der Waals surface area contributed by atoms with E-state index in [1.165, 1.54) is 0 Å². The molecule has 8 aromatic carbocycles. The number of fused-ring (bicyclic) bond motifs is 2. The summed E-state index contributed by atoms with van der Waals surface area (Å²) < 4.78 is 63.3. The minimum absolute atomic E-state index is 0. The van der Waals surface area contributed by atoms with Crippen molar-refractivity contribution in [2.45, 2.75) is 5.51 Å². The third-order valence-corrected chi connectivity index (χ3v) is 11.3. The van der Waals surface area contributed by atoms with E-state index in [9.17, 15) is 13.2 Å². The molecule has 80 heavy (non-hydrogen) atoms. The van der Waals surface area contributed by atoms with E-state index in [4.69, 9.17) is 33.2 Å². The van der Waals surface area contributed by atoms with Crippen molar-refractivity contribution in [3.63, 3.8) is 0 Å². The van der Waals surface area contributed by atoms with E-state index in [-0.39, 0.29) is 40.2 Å². The van der Waals surface area contributed by atoms with Crippen LogP contribution >= 0.6 is 0 Å². The first-order valence-corrected chi connectivity index (χ1v) is 25.2. The Balaban J connectivity index is 0.000000219. The number of pyridine rings is 2. The zero-order valence-electron chi connectivity index (χ0n) is 42.8. The van der Waals surface area contributed by atoms with Gasteiger partial charge in [0, 0.05) is 83.8 Å². The fraction of sp³-hybridized carbons (Fsp3) is 0.0476. The molecule has 0 fully saturated rings. The molecule has 0 bridgehead atoms. The zero-order valence-corrected chi connectivity index (χ0v) is 48.4. The van der Waals surface area contributed by atoms with Crippen LogP contribution in [0.1, 0.15) is 0 Å². The molecule has 4 heterocycles. The quantitative estimate of drug-likeness (QED) is 0.0939. The average Bonchev–Trinajstić information content (AvgIpc) is 4.17. The fourth-order valence-corrected chi connectivity index (χ4v) is 7.37. The summed E-state index contributed by atoms with van der Waals surface area (Å²) in [5.74, 6) is 1.89. The van der Waals surface area contributed by atoms with Gasteiger partial charge in [-0.2, -0.15) is 13.2 Å². The van der Waals surface area contributed by atoms with Crippen molar-refractivity contribution in [3.05, 3.63) is 279 Å². The van der Waals surface area contributed by atoms with Gasteiger partial charge in [0.1, 0.15) is 5.82 Å². The van der Waals surface area contributed by atoms with E-state index < -0.39 is 15.6 Å². The Hall–Kier alpha value is -8.08. The summed E-state index contributed by atoms with van der Waals surface area (Å²) in [5, 5.41) is 14.0. The maximum atomic E-state index is 10.7. The average molecular weight is 1450 g/mol. The Labute approximate surface area is 490 Å². The Morgan fingerprint density at radius 2 is 0.750 bits per heavy atom. The number of para-hydroxylation sites is 6. The predicted molar refractivity (Wildman–Crippen MR) is 301 cm³/mol. The summed E-state index contributed by atoms with van der Waals surface area (Å²) in [6.45, 7) is 0. The number of hydrogen-bond donors (Lipinski definition) is 2. The Morgan fingerprint density at radius 1 is 0.425 bits per heavy atom. The van der Waals surface area contributed by atoms with Crippen LogP contribution in [0.3, 0.4) is 0 Å². The first kappa shape index (κ1) is 64.4. The summed E-state index contributed by atoms with van der Waals surface area (Å²) in [7, 11) is -4.09. The third-order valence-electron chi connectivity index (χ3n) is 10.7. The van der Waals surface area contributed by atoms with Crippen molar-refractivity contribution in [2.75, 3.05) is 14.2 Å². The molecule has 0 amide bonds. The molecule has 2 radical (unpaired) electrons. The molecular weight excluding hydrogens is 1390 g/mol. The van der Waals surface area contributed by atoms with Gasteiger partial charge < -0.3 is 29.3 Å². The van der Waals surface area contributed by atoms with Crippen molar-refractivity contribution in [1.29, 1.82) is 0 Å². The molecule has 0 saturated heterocycles. The standard InChI is InChI=1S/C19H14N2.C19H13N2.2C11H8N.CHF3O3S.2CH4O.2Ir/c2*1-3-9-15(10-4-1)19-20-17-13-7-8-14-18(17)21(19)16-11-5-2-6-12-16;2*1-2-6-10(7-3-1)11-8-4-5-9-12-11;2-1(3,4)8(5,6)7;2*1-2;;/h1-14H;1-9,11-14H;2*1-6,8-9H;(H,5,6,7);2*2H,1H3;;/q;3*-1;;;;;/p-1. The first-order valence-electron chi connectivity index (χ1n) is 23.8. The SMILES string of the molecule is CO.CO.O=S(=O)([O-])C(F)(F)F.[Ir].[Ir].[c-]1ccccc1-c1ccccn1.[c-]1ccccc1-c1ccccn1.[c-]1ccccc1-c1nc2ccccc2n1-c1ccccc1.c1ccc(-c2nc3ccccc3n2-c2ccccc2)cc1. The molecule has 0 unspecified atom stereocenters. The zero-order chi connectivity index (χ0) is 55.6. The summed E-state index contributed by atoms with van der Waals surface area (Å²) >= 11 is 0. The number of nitrogens with zero attached hydrogens (tertiary/aromatic N) is 6. The van der Waals surface area contributed by atoms with Crippen molar-refractivity contribution >= 4 is 32.2 Å². The second-order valence-electron chi connectivity index (χ2n) is 15.7. The van der Waals surface area contributed by atoms with Gasteiger partial charge in [-0.25, -0.2) is 13.4 Å². The van der Waals surface area contributed by atoms with Crippen LogP contribution in [0.15, 0.2) is 261 Å². The minimum Gasteiger partial charge on any atom is -0.741 e. The second-order valence-corrected chi connectivity index (χ2v) is 17.1. The number of aromatic nitrogens is 6. The van der Waals surface area contributed by atoms with Crippen molar-refractivity contribution in [2.24, 2.45) is 0 Å². The number of benzene rings is 8. The van der Waals surface area contributed by atoms with Crippen LogP contribution in [-0.2, 0) is 50.3 Å². The van der Waals surface area contributed by atoms with Crippen LogP contribution in [0.25, 0.3) is 78.7 Å². The number of aliphatic hydroxyl groups is 2. The maximum absolute atomic E-state index is 10.7. The van der Waals surface area contributed by atoms with Crippen molar-refractivity contribution in [1.82, 2.24) is 29.1 Å². The van der Waals surface area contributed by atoms with Crippen LogP contribution in [0.2, 0.25) is 0 Å². The summed E-state index contributed by atoms with van der Waals surface area (Å²) in [6.07, 6.45) is 3.58. The molecule has 12 aromatic rings. The van der Waals surface area contributed by atoms with Gasteiger partial charge >= 0.3 is 5.51 Å². The van der Waals surface area contributed by atoms with Crippen LogP contribution in [0, 0.1) is 18.2 Å². The molecule has 0 spiro atoms. The number of aliphatic hydroxyl groups excluding tert-OH is 2. The van der Waals surface area contributed by atoms with Crippen LogP contribution < -0.4 is 0 Å². The van der Waals surface area contributed by atoms with E-state index in [2.05, 4.69) is 110 Å². The number of alkyl halides is 3. The largest absolute Gasteiger partial charge is 0.741 e. The fourth-order valence-electron chi connectivity index (χ4n) is 7.37. The number of hydrogen-bond acceptors (Lipinski definition) is 9. The van der Waals surface area contributed by atoms with E-state index in [1.54, 1.807) is 12.4 Å². The van der Waals surface area contributed by atoms with Gasteiger partial charge in [0.25, 0.3) is 0 Å². The van der Waals surface area contributed by atoms with Crippen molar-refractivity contribution in [3.8, 4) is 56.7 Å². The molecule has 412 valence electrons. The van der Waals surface area contributed by atoms with Gasteiger partial charge in [-0.05, 0) is 72.1 Å². The molecule has 11 nitrogen and oxygen atoms in total. The smallest absolute Gasteiger partial charge is 0.485 e. The molecule has 17 heteroatoms. The van der Waals surface area contributed by atoms with E-state index in [1.807, 2.05) is 176 Å². The molecule has 2 N–H and O–H groups in total. The number of halogens is 3. The molecular formula is C63H51F3Ir2N6O5S-4. The topological polar surface area (TPSA) is 159 Å². The first-order chi connectivity index (χ1) is 38.0. The molecule has 0 aliphatic rings. The van der Waals surface area contributed by atoms with E-state index >= 15 is 0 Å². The molecule has 4 aromatic heterocycles. The van der Waals surface area contributed by atoms with E-state index in [0.717, 1.165) is 93.0 Å². The summed E-state index contributed by atoms with van der Waals surface area (Å²) in [5.41, 5.74) is 6.98. The van der Waals surface area contributed by atoms with Crippen LogP contribution in [-0.4, -0.2) is 72.0 Å². The molecule has 12 rings (SSSR count). The Morgan fingerprint density at radius 3 is 1.11 bits per heavy atom. The van der Waals surface area contributed by atoms with Gasteiger partial charge in [0.2, 0.25) is 0 Å². The van der Waals surface area contributed by atoms with Gasteiger partial charge in [-0.3, -0.25) is 9.55 Å². The van der Waals surface area contributed by atoms with Gasteiger partial charge in [-0.1, -0.05) is 115 Å². The van der Waals surface area contributed by atoms with Gasteiger partial charge in [-0.15, -0.1) is 108 Å². The number of rotatable bonds is 6. The van der Waals surface area contributed by atoms with Gasteiger partial charge in [0.05, 0.1) is 27.9 Å². The molecule has 0 saturated carbocycles. The minimum atomic E-state index is -6.09. The van der Waals surface area contributed by atoms with Crippen molar-refractivity contribution < 1.29 is 76.6 Å². The molecule has 0 aliphatic heterocycles. The van der Waals surface area contributed by atoms with Crippen LogP contribution in [0.5, 0.6) is 0 Å². The predicted octanol–water partition coefficient (Wildman–Crippen LogP) is 13.5. The Bertz CT molecular complexity index is 3430.